The SMILES string of the molecule is COc1ccc(C(=O)O[C@H]2CCCC2=O)cc1S(=O)(=O)N1CCCc2ccccc21. The second-order valence-corrected chi connectivity index (χ2v) is 9.26. The van der Waals surface area contributed by atoms with E-state index < -0.39 is 22.1 Å². The van der Waals surface area contributed by atoms with Crippen LogP contribution in [0.15, 0.2) is 47.4 Å². The zero-order valence-corrected chi connectivity index (χ0v) is 17.5. The minimum absolute atomic E-state index is 0.0689. The van der Waals surface area contributed by atoms with Crippen molar-refractivity contribution in [1.29, 1.82) is 0 Å². The molecule has 1 aliphatic heterocycles. The fourth-order valence-electron chi connectivity index (χ4n) is 3.98. The van der Waals surface area contributed by atoms with E-state index in [9.17, 15) is 18.0 Å². The van der Waals surface area contributed by atoms with Crippen molar-refractivity contribution < 1.29 is 27.5 Å². The molecule has 0 unspecified atom stereocenters. The molecule has 1 fully saturated rings. The molecule has 1 saturated carbocycles. The van der Waals surface area contributed by atoms with Gasteiger partial charge in [0.1, 0.15) is 10.6 Å². The number of ether oxygens (including phenoxy) is 2. The van der Waals surface area contributed by atoms with Crippen molar-refractivity contribution in [3.8, 4) is 5.75 Å². The summed E-state index contributed by atoms with van der Waals surface area (Å²) in [6.45, 7) is 0.341. The maximum absolute atomic E-state index is 13.5. The summed E-state index contributed by atoms with van der Waals surface area (Å²) < 4.78 is 39.0. The zero-order chi connectivity index (χ0) is 21.3. The Morgan fingerprint density at radius 3 is 2.63 bits per heavy atom. The van der Waals surface area contributed by atoms with E-state index in [2.05, 4.69) is 0 Å². The van der Waals surface area contributed by atoms with E-state index in [1.54, 1.807) is 12.1 Å². The first-order valence-electron chi connectivity index (χ1n) is 9.94. The minimum atomic E-state index is -3.98. The monoisotopic (exact) mass is 429 g/mol. The summed E-state index contributed by atoms with van der Waals surface area (Å²) in [7, 11) is -2.60. The van der Waals surface area contributed by atoms with Crippen LogP contribution in [0.4, 0.5) is 5.69 Å². The molecule has 7 nitrogen and oxygen atoms in total. The highest BCUT2D eigenvalue weighted by Gasteiger charge is 2.33. The summed E-state index contributed by atoms with van der Waals surface area (Å²) in [5.41, 5.74) is 1.66. The molecule has 1 atom stereocenters. The number of ketones is 1. The lowest BCUT2D eigenvalue weighted by molar-refractivity contribution is -0.124. The van der Waals surface area contributed by atoms with E-state index in [-0.39, 0.29) is 22.0 Å². The zero-order valence-electron chi connectivity index (χ0n) is 16.7. The van der Waals surface area contributed by atoms with E-state index in [1.807, 2.05) is 12.1 Å². The molecule has 1 heterocycles. The van der Waals surface area contributed by atoms with Gasteiger partial charge in [0.2, 0.25) is 0 Å². The molecule has 0 aromatic heterocycles. The third-order valence-corrected chi connectivity index (χ3v) is 7.37. The number of hydrogen-bond acceptors (Lipinski definition) is 6. The van der Waals surface area contributed by atoms with E-state index >= 15 is 0 Å². The topological polar surface area (TPSA) is 90.0 Å². The van der Waals surface area contributed by atoms with E-state index in [0.29, 0.717) is 37.9 Å². The number of carbonyl (C=O) groups excluding carboxylic acids is 2. The molecular formula is C22H23NO6S. The van der Waals surface area contributed by atoms with Gasteiger partial charge in [-0.1, -0.05) is 18.2 Å². The van der Waals surface area contributed by atoms with E-state index in [0.717, 1.165) is 12.0 Å². The molecule has 0 spiro atoms. The van der Waals surface area contributed by atoms with Gasteiger partial charge in [-0.2, -0.15) is 0 Å². The minimum Gasteiger partial charge on any atom is -0.495 e. The van der Waals surface area contributed by atoms with Crippen LogP contribution in [0, 0.1) is 0 Å². The van der Waals surface area contributed by atoms with Gasteiger partial charge < -0.3 is 9.47 Å². The van der Waals surface area contributed by atoms with Crippen LogP contribution in [0.25, 0.3) is 0 Å². The van der Waals surface area contributed by atoms with Gasteiger partial charge in [0.25, 0.3) is 10.0 Å². The van der Waals surface area contributed by atoms with Crippen molar-refractivity contribution in [2.45, 2.75) is 43.1 Å². The van der Waals surface area contributed by atoms with Gasteiger partial charge in [0, 0.05) is 13.0 Å². The number of aryl methyl sites for hydroxylation is 1. The number of nitrogens with zero attached hydrogens (tertiary/aromatic N) is 1. The lowest BCUT2D eigenvalue weighted by Gasteiger charge is -2.31. The summed E-state index contributed by atoms with van der Waals surface area (Å²) in [5.74, 6) is -0.672. The number of benzene rings is 2. The van der Waals surface area contributed by atoms with Crippen LogP contribution in [0.5, 0.6) is 5.75 Å². The van der Waals surface area contributed by atoms with Gasteiger partial charge in [0.05, 0.1) is 18.4 Å². The van der Waals surface area contributed by atoms with Crippen molar-refractivity contribution >= 4 is 27.5 Å². The molecule has 0 bridgehead atoms. The van der Waals surface area contributed by atoms with Crippen molar-refractivity contribution in [2.24, 2.45) is 0 Å². The normalized spacial score (nSPS) is 18.8. The highest BCUT2D eigenvalue weighted by molar-refractivity contribution is 7.93. The summed E-state index contributed by atoms with van der Waals surface area (Å²) in [6, 6.07) is 11.5. The quantitative estimate of drug-likeness (QED) is 0.679. The van der Waals surface area contributed by atoms with Gasteiger partial charge in [-0.15, -0.1) is 0 Å². The average Bonchev–Trinajstić information content (AvgIpc) is 3.17. The number of para-hydroxylation sites is 1. The number of sulfonamides is 1. The fraction of sp³-hybridized carbons (Fsp3) is 0.364. The maximum Gasteiger partial charge on any atom is 0.338 e. The lowest BCUT2D eigenvalue weighted by Crippen LogP contribution is -2.35. The Morgan fingerprint density at radius 1 is 1.10 bits per heavy atom. The highest BCUT2D eigenvalue weighted by Crippen LogP contribution is 2.35. The second-order valence-electron chi connectivity index (χ2n) is 7.43. The number of rotatable bonds is 5. The molecule has 2 aromatic carbocycles. The van der Waals surface area contributed by atoms with Crippen molar-refractivity contribution in [1.82, 2.24) is 0 Å². The van der Waals surface area contributed by atoms with Gasteiger partial charge in [0.15, 0.2) is 11.9 Å². The van der Waals surface area contributed by atoms with Crippen LogP contribution >= 0.6 is 0 Å². The van der Waals surface area contributed by atoms with Crippen LogP contribution in [-0.2, 0) is 26.0 Å². The number of fused-ring (bicyclic) bond motifs is 1. The summed E-state index contributed by atoms with van der Waals surface area (Å²) >= 11 is 0. The lowest BCUT2D eigenvalue weighted by atomic mass is 10.0. The molecule has 1 aliphatic carbocycles. The summed E-state index contributed by atoms with van der Waals surface area (Å²) in [4.78, 5) is 24.3. The number of hydrogen-bond donors (Lipinski definition) is 0. The molecule has 2 aromatic rings. The van der Waals surface area contributed by atoms with Gasteiger partial charge in [-0.25, -0.2) is 13.2 Å². The first kappa shape index (κ1) is 20.4. The van der Waals surface area contributed by atoms with Crippen LogP contribution in [0.2, 0.25) is 0 Å². The Hall–Kier alpha value is -2.87. The molecular weight excluding hydrogens is 406 g/mol. The maximum atomic E-state index is 13.5. The molecule has 0 amide bonds. The molecule has 2 aliphatic rings. The number of anilines is 1. The molecule has 0 radical (unpaired) electrons. The third-order valence-electron chi connectivity index (χ3n) is 5.53. The Labute approximate surface area is 175 Å². The van der Waals surface area contributed by atoms with Crippen LogP contribution in [0.1, 0.15) is 41.6 Å². The smallest absolute Gasteiger partial charge is 0.338 e. The number of Topliss-reactive ketones (excluding diaryl/α,β-unsaturated/α-hetero) is 1. The van der Waals surface area contributed by atoms with Gasteiger partial charge in [-0.3, -0.25) is 9.10 Å². The Kier molecular flexibility index (Phi) is 5.51. The molecule has 0 N–H and O–H groups in total. The van der Waals surface area contributed by atoms with Crippen molar-refractivity contribution in [2.75, 3.05) is 18.0 Å². The van der Waals surface area contributed by atoms with E-state index in [4.69, 9.17) is 9.47 Å². The predicted octanol–water partition coefficient (Wildman–Crippen LogP) is 3.12. The molecule has 30 heavy (non-hydrogen) atoms. The van der Waals surface area contributed by atoms with Crippen LogP contribution < -0.4 is 9.04 Å². The van der Waals surface area contributed by atoms with Crippen molar-refractivity contribution in [3.63, 3.8) is 0 Å². The van der Waals surface area contributed by atoms with Gasteiger partial charge in [-0.05, 0) is 55.5 Å². The molecule has 0 saturated heterocycles. The molecule has 4 rings (SSSR count). The first-order chi connectivity index (χ1) is 14.4. The fourth-order valence-corrected chi connectivity index (χ4v) is 5.70. The second kappa shape index (κ2) is 8.10. The average molecular weight is 429 g/mol. The van der Waals surface area contributed by atoms with Crippen LogP contribution in [-0.4, -0.2) is 39.9 Å². The van der Waals surface area contributed by atoms with Gasteiger partial charge >= 0.3 is 5.97 Å². The molecule has 158 valence electrons. The Morgan fingerprint density at radius 2 is 1.90 bits per heavy atom. The first-order valence-corrected chi connectivity index (χ1v) is 11.4. The molecule has 8 heteroatoms. The largest absolute Gasteiger partial charge is 0.495 e. The van der Waals surface area contributed by atoms with Crippen molar-refractivity contribution in [3.05, 3.63) is 53.6 Å². The number of methoxy groups -OCH3 is 1. The Balaban J connectivity index is 1.70. The number of esters is 1. The predicted molar refractivity (Wildman–Crippen MR) is 110 cm³/mol. The third kappa shape index (κ3) is 3.67. The number of carbonyl (C=O) groups is 2. The Bertz CT molecular complexity index is 1090. The van der Waals surface area contributed by atoms with E-state index in [1.165, 1.54) is 29.6 Å². The highest BCUT2D eigenvalue weighted by atomic mass is 32.2. The van der Waals surface area contributed by atoms with Crippen LogP contribution in [0.3, 0.4) is 0 Å². The summed E-state index contributed by atoms with van der Waals surface area (Å²) in [6.07, 6.45) is 2.33. The standard InChI is InChI=1S/C22H23NO6S/c1-28-20-12-11-16(22(25)29-19-10-4-9-18(19)24)14-21(20)30(26,27)23-13-5-7-15-6-2-3-8-17(15)23/h2-3,6,8,11-12,14,19H,4-5,7,9-10,13H2,1H3/t19-/m0/s1. The summed E-state index contributed by atoms with van der Waals surface area (Å²) in [5, 5.41) is 0.